The Labute approximate surface area is 88.6 Å². The molecule has 2 N–H and O–H groups in total. The summed E-state index contributed by atoms with van der Waals surface area (Å²) in [6.07, 6.45) is 0. The molecule has 80 valence electrons. The smallest absolute Gasteiger partial charge is 0.246 e. The summed E-state index contributed by atoms with van der Waals surface area (Å²) < 4.78 is 5.10. The number of hydrogen-bond acceptors (Lipinski definition) is 3. The highest BCUT2D eigenvalue weighted by Gasteiger charge is 2.42. The fraction of sp³-hybridized carbons (Fsp3) is 0.364. The predicted molar refractivity (Wildman–Crippen MR) is 57.9 cm³/mol. The number of amides is 1. The second kappa shape index (κ2) is 3.55. The van der Waals surface area contributed by atoms with Crippen LogP contribution >= 0.6 is 0 Å². The van der Waals surface area contributed by atoms with E-state index in [1.807, 2.05) is 31.2 Å². The molecule has 1 saturated heterocycles. The highest BCUT2D eigenvalue weighted by Crippen LogP contribution is 2.29. The Morgan fingerprint density at radius 2 is 2.20 bits per heavy atom. The third-order valence-corrected chi connectivity index (χ3v) is 2.78. The average molecular weight is 206 g/mol. The number of nitrogens with two attached hydrogens (primary N) is 1. The molecule has 0 aromatic heterocycles. The van der Waals surface area contributed by atoms with Gasteiger partial charge in [-0.25, -0.2) is 0 Å². The fourth-order valence-corrected chi connectivity index (χ4v) is 1.77. The molecule has 2 rings (SSSR count). The first-order valence-corrected chi connectivity index (χ1v) is 4.88. The van der Waals surface area contributed by atoms with E-state index in [4.69, 9.17) is 10.5 Å². The van der Waals surface area contributed by atoms with Gasteiger partial charge in [-0.15, -0.1) is 0 Å². The van der Waals surface area contributed by atoms with Crippen LogP contribution in [0.4, 0.5) is 5.69 Å². The van der Waals surface area contributed by atoms with Crippen LogP contribution in [0.2, 0.25) is 0 Å². The van der Waals surface area contributed by atoms with Crippen molar-refractivity contribution in [1.29, 1.82) is 0 Å². The summed E-state index contributed by atoms with van der Waals surface area (Å²) in [6.45, 7) is 1.94. The first-order valence-electron chi connectivity index (χ1n) is 4.88. The average Bonchev–Trinajstić information content (AvgIpc) is 2.29. The monoisotopic (exact) mass is 206 g/mol. The SMILES string of the molecule is COc1cccc(N2C(=O)[C@@H](N)[C@@H]2C)c1. The van der Waals surface area contributed by atoms with E-state index < -0.39 is 0 Å². The van der Waals surface area contributed by atoms with E-state index in [1.165, 1.54) is 0 Å². The number of carbonyl (C=O) groups is 1. The van der Waals surface area contributed by atoms with Crippen LogP contribution in [0.1, 0.15) is 6.92 Å². The Hall–Kier alpha value is -1.55. The Morgan fingerprint density at radius 1 is 1.47 bits per heavy atom. The molecule has 15 heavy (non-hydrogen) atoms. The number of methoxy groups -OCH3 is 1. The summed E-state index contributed by atoms with van der Waals surface area (Å²) in [4.78, 5) is 13.2. The van der Waals surface area contributed by atoms with Gasteiger partial charge in [0.2, 0.25) is 5.91 Å². The van der Waals surface area contributed by atoms with E-state index in [1.54, 1.807) is 12.0 Å². The zero-order chi connectivity index (χ0) is 11.0. The zero-order valence-electron chi connectivity index (χ0n) is 8.81. The Balaban J connectivity index is 2.27. The van der Waals surface area contributed by atoms with Gasteiger partial charge in [0.1, 0.15) is 11.8 Å². The second-order valence-corrected chi connectivity index (χ2v) is 3.68. The highest BCUT2D eigenvalue weighted by atomic mass is 16.5. The number of nitrogens with zero attached hydrogens (tertiary/aromatic N) is 1. The Morgan fingerprint density at radius 3 is 2.80 bits per heavy atom. The van der Waals surface area contributed by atoms with Gasteiger partial charge in [0.25, 0.3) is 0 Å². The summed E-state index contributed by atoms with van der Waals surface area (Å²) in [7, 11) is 1.60. The Kier molecular flexibility index (Phi) is 2.36. The minimum Gasteiger partial charge on any atom is -0.497 e. The van der Waals surface area contributed by atoms with Crippen molar-refractivity contribution < 1.29 is 9.53 Å². The Bertz CT molecular complexity index is 392. The van der Waals surface area contributed by atoms with Gasteiger partial charge < -0.3 is 15.4 Å². The van der Waals surface area contributed by atoms with Crippen LogP contribution < -0.4 is 15.4 Å². The van der Waals surface area contributed by atoms with Gasteiger partial charge in [-0.2, -0.15) is 0 Å². The van der Waals surface area contributed by atoms with Crippen LogP contribution in [0.3, 0.4) is 0 Å². The van der Waals surface area contributed by atoms with Gasteiger partial charge >= 0.3 is 0 Å². The molecule has 2 atom stereocenters. The minimum absolute atomic E-state index is 0.0317. The van der Waals surface area contributed by atoms with Crippen molar-refractivity contribution in [2.45, 2.75) is 19.0 Å². The maximum absolute atomic E-state index is 11.5. The van der Waals surface area contributed by atoms with Crippen molar-refractivity contribution >= 4 is 11.6 Å². The van der Waals surface area contributed by atoms with Gasteiger partial charge in [0.05, 0.1) is 13.2 Å². The van der Waals surface area contributed by atoms with Crippen molar-refractivity contribution in [1.82, 2.24) is 0 Å². The number of hydrogen-bond donors (Lipinski definition) is 1. The first-order chi connectivity index (χ1) is 7.15. The lowest BCUT2D eigenvalue weighted by atomic mass is 9.97. The van der Waals surface area contributed by atoms with Gasteiger partial charge in [-0.1, -0.05) is 6.07 Å². The molecule has 0 unspecified atom stereocenters. The summed E-state index contributed by atoms with van der Waals surface area (Å²) >= 11 is 0. The van der Waals surface area contributed by atoms with E-state index in [2.05, 4.69) is 0 Å². The lowest BCUT2D eigenvalue weighted by molar-refractivity contribution is -0.125. The number of β-lactam (4-membered cyclic amide) rings is 1. The van der Waals surface area contributed by atoms with Gasteiger partial charge in [-0.3, -0.25) is 4.79 Å². The molecule has 1 aromatic rings. The summed E-state index contributed by atoms with van der Waals surface area (Å²) in [5, 5.41) is 0. The van der Waals surface area contributed by atoms with Crippen molar-refractivity contribution in [3.05, 3.63) is 24.3 Å². The quantitative estimate of drug-likeness (QED) is 0.727. The predicted octanol–water partition coefficient (Wildman–Crippen LogP) is 0.758. The summed E-state index contributed by atoms with van der Waals surface area (Å²) in [6, 6.07) is 7.11. The number of rotatable bonds is 2. The molecule has 0 spiro atoms. The standard InChI is InChI=1S/C11H14N2O2/c1-7-10(12)11(14)13(7)8-4-3-5-9(6-8)15-2/h3-7,10H,12H2,1-2H3/t7-,10-/m0/s1. The maximum Gasteiger partial charge on any atom is 0.246 e. The number of anilines is 1. The molecule has 4 heteroatoms. The summed E-state index contributed by atoms with van der Waals surface area (Å²) in [5.41, 5.74) is 6.48. The van der Waals surface area contributed by atoms with Crippen LogP contribution in [-0.2, 0) is 4.79 Å². The number of carbonyl (C=O) groups excluding carboxylic acids is 1. The lowest BCUT2D eigenvalue weighted by Crippen LogP contribution is -2.67. The molecule has 1 fully saturated rings. The molecular formula is C11H14N2O2. The van der Waals surface area contributed by atoms with Crippen molar-refractivity contribution in [3.8, 4) is 5.75 Å². The van der Waals surface area contributed by atoms with Crippen LogP contribution in [0, 0.1) is 0 Å². The van der Waals surface area contributed by atoms with Crippen LogP contribution in [0.5, 0.6) is 5.75 Å². The van der Waals surface area contributed by atoms with E-state index in [-0.39, 0.29) is 18.0 Å². The maximum atomic E-state index is 11.5. The normalized spacial score (nSPS) is 25.0. The van der Waals surface area contributed by atoms with Crippen LogP contribution in [-0.4, -0.2) is 25.1 Å². The molecule has 0 saturated carbocycles. The molecule has 0 radical (unpaired) electrons. The summed E-state index contributed by atoms with van der Waals surface area (Å²) in [5.74, 6) is 0.712. The van der Waals surface area contributed by atoms with E-state index in [9.17, 15) is 4.79 Å². The first kappa shape index (κ1) is 9.98. The molecule has 1 amide bonds. The molecule has 4 nitrogen and oxygen atoms in total. The largest absolute Gasteiger partial charge is 0.497 e. The topological polar surface area (TPSA) is 55.6 Å². The van der Waals surface area contributed by atoms with E-state index in [0.717, 1.165) is 11.4 Å². The zero-order valence-corrected chi connectivity index (χ0v) is 8.81. The fourth-order valence-electron chi connectivity index (χ4n) is 1.77. The third-order valence-electron chi connectivity index (χ3n) is 2.78. The number of benzene rings is 1. The lowest BCUT2D eigenvalue weighted by Gasteiger charge is -2.43. The van der Waals surface area contributed by atoms with Crippen molar-refractivity contribution in [2.24, 2.45) is 5.73 Å². The van der Waals surface area contributed by atoms with Crippen molar-refractivity contribution in [2.75, 3.05) is 12.0 Å². The highest BCUT2D eigenvalue weighted by molar-refractivity contribution is 6.05. The molecule has 1 aromatic carbocycles. The van der Waals surface area contributed by atoms with Gasteiger partial charge in [0, 0.05) is 11.8 Å². The van der Waals surface area contributed by atoms with E-state index >= 15 is 0 Å². The second-order valence-electron chi connectivity index (χ2n) is 3.68. The van der Waals surface area contributed by atoms with Gasteiger partial charge in [0.15, 0.2) is 0 Å². The molecule has 1 aliphatic rings. The molecule has 0 bridgehead atoms. The molecule has 0 aliphatic carbocycles. The third kappa shape index (κ3) is 1.47. The number of ether oxygens (including phenoxy) is 1. The van der Waals surface area contributed by atoms with Gasteiger partial charge in [-0.05, 0) is 19.1 Å². The minimum atomic E-state index is -0.365. The van der Waals surface area contributed by atoms with E-state index in [0.29, 0.717) is 0 Å². The molecule has 1 aliphatic heterocycles. The van der Waals surface area contributed by atoms with Crippen LogP contribution in [0.15, 0.2) is 24.3 Å². The molecular weight excluding hydrogens is 192 g/mol. The molecule has 1 heterocycles. The van der Waals surface area contributed by atoms with Crippen LogP contribution in [0.25, 0.3) is 0 Å². The van der Waals surface area contributed by atoms with Crippen molar-refractivity contribution in [3.63, 3.8) is 0 Å².